The van der Waals surface area contributed by atoms with Gasteiger partial charge in [0.25, 0.3) is 0 Å². The smallest absolute Gasteiger partial charge is 0.174 e. The van der Waals surface area contributed by atoms with Gasteiger partial charge in [0.2, 0.25) is 0 Å². The Hall–Kier alpha value is -2.67. The molecule has 0 saturated carbocycles. The number of ether oxygens (including phenoxy) is 1. The minimum absolute atomic E-state index is 0.0256. The van der Waals surface area contributed by atoms with Crippen LogP contribution in [-0.2, 0) is 0 Å². The highest BCUT2D eigenvalue weighted by Gasteiger charge is 2.10. The highest BCUT2D eigenvalue weighted by atomic mass is 16.5. The molecule has 0 bridgehead atoms. The lowest BCUT2D eigenvalue weighted by atomic mass is 10.0. The van der Waals surface area contributed by atoms with E-state index in [0.29, 0.717) is 5.75 Å². The zero-order valence-corrected chi connectivity index (χ0v) is 12.1. The van der Waals surface area contributed by atoms with Crippen LogP contribution >= 0.6 is 0 Å². The maximum Gasteiger partial charge on any atom is 0.174 e. The van der Waals surface area contributed by atoms with Gasteiger partial charge in [0, 0.05) is 17.3 Å². The SMILES string of the molecule is Cc1ccc(C(C)Nc2cccc(OCC#N)c2)c(O)c1. The summed E-state index contributed by atoms with van der Waals surface area (Å²) >= 11 is 0. The molecule has 2 rings (SSSR count). The predicted octanol–water partition coefficient (Wildman–Crippen LogP) is 3.78. The highest BCUT2D eigenvalue weighted by molar-refractivity contribution is 5.51. The second kappa shape index (κ2) is 6.67. The van der Waals surface area contributed by atoms with Gasteiger partial charge in [-0.2, -0.15) is 5.26 Å². The van der Waals surface area contributed by atoms with Crippen molar-refractivity contribution in [2.45, 2.75) is 19.9 Å². The highest BCUT2D eigenvalue weighted by Crippen LogP contribution is 2.28. The number of aromatic hydroxyl groups is 1. The van der Waals surface area contributed by atoms with Crippen molar-refractivity contribution in [2.24, 2.45) is 0 Å². The second-order valence-electron chi connectivity index (χ2n) is 4.90. The fraction of sp³-hybridized carbons (Fsp3) is 0.235. The number of phenols is 1. The van der Waals surface area contributed by atoms with Crippen LogP contribution in [-0.4, -0.2) is 11.7 Å². The first-order chi connectivity index (χ1) is 10.1. The first-order valence-electron chi connectivity index (χ1n) is 6.76. The standard InChI is InChI=1S/C17H18N2O2/c1-12-6-7-16(17(20)10-12)13(2)19-14-4-3-5-15(11-14)21-9-8-18/h3-7,10-11,13,19-20H,9H2,1-2H3. The van der Waals surface area contributed by atoms with Gasteiger partial charge in [0.05, 0.1) is 6.04 Å². The Bertz CT molecular complexity index is 662. The number of rotatable bonds is 5. The molecule has 21 heavy (non-hydrogen) atoms. The fourth-order valence-electron chi connectivity index (χ4n) is 2.14. The van der Waals surface area contributed by atoms with Crippen molar-refractivity contribution >= 4 is 5.69 Å². The van der Waals surface area contributed by atoms with Gasteiger partial charge in [-0.05, 0) is 37.6 Å². The number of hydrogen-bond donors (Lipinski definition) is 2. The molecule has 0 saturated heterocycles. The molecule has 0 aliphatic rings. The quantitative estimate of drug-likeness (QED) is 0.876. The lowest BCUT2D eigenvalue weighted by molar-refractivity contribution is 0.368. The minimum Gasteiger partial charge on any atom is -0.508 e. The summed E-state index contributed by atoms with van der Waals surface area (Å²) in [5, 5.41) is 21.8. The lowest BCUT2D eigenvalue weighted by Crippen LogP contribution is -2.07. The van der Waals surface area contributed by atoms with Gasteiger partial charge in [-0.1, -0.05) is 18.2 Å². The summed E-state index contributed by atoms with van der Waals surface area (Å²) in [5.74, 6) is 0.925. The van der Waals surface area contributed by atoms with Gasteiger partial charge in [-0.3, -0.25) is 0 Å². The molecule has 4 nitrogen and oxygen atoms in total. The summed E-state index contributed by atoms with van der Waals surface area (Å²) in [6.45, 7) is 3.95. The molecule has 4 heteroatoms. The molecule has 0 aliphatic heterocycles. The average molecular weight is 282 g/mol. The van der Waals surface area contributed by atoms with Crippen LogP contribution in [0.25, 0.3) is 0 Å². The second-order valence-corrected chi connectivity index (χ2v) is 4.90. The summed E-state index contributed by atoms with van der Waals surface area (Å²) in [6, 6.07) is 14.9. The van der Waals surface area contributed by atoms with Gasteiger partial charge in [-0.15, -0.1) is 0 Å². The molecule has 2 aromatic rings. The molecule has 2 N–H and O–H groups in total. The number of benzene rings is 2. The summed E-state index contributed by atoms with van der Waals surface area (Å²) in [7, 11) is 0. The number of nitrogens with zero attached hydrogens (tertiary/aromatic N) is 1. The van der Waals surface area contributed by atoms with E-state index in [4.69, 9.17) is 10.00 Å². The van der Waals surface area contributed by atoms with E-state index in [1.165, 1.54) is 0 Å². The van der Waals surface area contributed by atoms with Crippen molar-refractivity contribution in [3.63, 3.8) is 0 Å². The minimum atomic E-state index is -0.0446. The van der Waals surface area contributed by atoms with Crippen molar-refractivity contribution in [3.05, 3.63) is 53.6 Å². The van der Waals surface area contributed by atoms with E-state index < -0.39 is 0 Å². The van der Waals surface area contributed by atoms with E-state index in [-0.39, 0.29) is 18.4 Å². The normalized spacial score (nSPS) is 11.5. The molecule has 0 amide bonds. The molecule has 0 fully saturated rings. The van der Waals surface area contributed by atoms with E-state index in [1.54, 1.807) is 12.1 Å². The molecule has 0 aromatic heterocycles. The van der Waals surface area contributed by atoms with E-state index in [9.17, 15) is 5.11 Å². The Morgan fingerprint density at radius 3 is 2.81 bits per heavy atom. The third-order valence-corrected chi connectivity index (χ3v) is 3.17. The van der Waals surface area contributed by atoms with E-state index >= 15 is 0 Å². The summed E-state index contributed by atoms with van der Waals surface area (Å²) < 4.78 is 5.27. The zero-order valence-electron chi connectivity index (χ0n) is 12.1. The van der Waals surface area contributed by atoms with E-state index in [1.807, 2.05) is 50.2 Å². The van der Waals surface area contributed by atoms with Crippen LogP contribution in [0.4, 0.5) is 5.69 Å². The molecule has 0 heterocycles. The van der Waals surface area contributed by atoms with Crippen molar-refractivity contribution in [1.29, 1.82) is 5.26 Å². The van der Waals surface area contributed by atoms with E-state index in [0.717, 1.165) is 16.8 Å². The monoisotopic (exact) mass is 282 g/mol. The van der Waals surface area contributed by atoms with Gasteiger partial charge < -0.3 is 15.2 Å². The summed E-state index contributed by atoms with van der Waals surface area (Å²) in [6.07, 6.45) is 0. The Labute approximate surface area is 124 Å². The van der Waals surface area contributed by atoms with E-state index in [2.05, 4.69) is 5.32 Å². The van der Waals surface area contributed by atoms with Gasteiger partial charge in [0.15, 0.2) is 6.61 Å². The molecule has 108 valence electrons. The molecule has 0 spiro atoms. The van der Waals surface area contributed by atoms with Gasteiger partial charge in [0.1, 0.15) is 17.6 Å². The lowest BCUT2D eigenvalue weighted by Gasteiger charge is -2.17. The fourth-order valence-corrected chi connectivity index (χ4v) is 2.14. The first kappa shape index (κ1) is 14.7. The molecular weight excluding hydrogens is 264 g/mol. The van der Waals surface area contributed by atoms with Gasteiger partial charge in [-0.25, -0.2) is 0 Å². The van der Waals surface area contributed by atoms with Crippen molar-refractivity contribution < 1.29 is 9.84 Å². The predicted molar refractivity (Wildman–Crippen MR) is 82.4 cm³/mol. The number of phenolic OH excluding ortho intramolecular Hbond substituents is 1. The van der Waals surface area contributed by atoms with Crippen LogP contribution in [0.5, 0.6) is 11.5 Å². The van der Waals surface area contributed by atoms with Crippen LogP contribution in [0.15, 0.2) is 42.5 Å². The van der Waals surface area contributed by atoms with Crippen molar-refractivity contribution in [2.75, 3.05) is 11.9 Å². The third kappa shape index (κ3) is 3.90. The number of nitriles is 1. The number of aryl methyl sites for hydroxylation is 1. The summed E-state index contributed by atoms with van der Waals surface area (Å²) in [4.78, 5) is 0. The third-order valence-electron chi connectivity index (χ3n) is 3.17. The van der Waals surface area contributed by atoms with Crippen LogP contribution in [0.3, 0.4) is 0 Å². The zero-order chi connectivity index (χ0) is 15.2. The maximum atomic E-state index is 10.0. The van der Waals surface area contributed by atoms with Gasteiger partial charge >= 0.3 is 0 Å². The molecule has 2 aromatic carbocycles. The number of nitrogens with one attached hydrogen (secondary N) is 1. The van der Waals surface area contributed by atoms with Crippen LogP contribution in [0.1, 0.15) is 24.1 Å². The molecule has 0 aliphatic carbocycles. The van der Waals surface area contributed by atoms with Crippen LogP contribution in [0, 0.1) is 18.3 Å². The largest absolute Gasteiger partial charge is 0.508 e. The number of anilines is 1. The Morgan fingerprint density at radius 1 is 1.29 bits per heavy atom. The average Bonchev–Trinajstić information content (AvgIpc) is 2.45. The van der Waals surface area contributed by atoms with Crippen molar-refractivity contribution in [1.82, 2.24) is 0 Å². The Balaban J connectivity index is 2.12. The Kier molecular flexibility index (Phi) is 4.68. The molecular formula is C17H18N2O2. The van der Waals surface area contributed by atoms with Crippen LogP contribution < -0.4 is 10.1 Å². The topological polar surface area (TPSA) is 65.3 Å². The number of hydrogen-bond acceptors (Lipinski definition) is 4. The van der Waals surface area contributed by atoms with Crippen LogP contribution in [0.2, 0.25) is 0 Å². The summed E-state index contributed by atoms with van der Waals surface area (Å²) in [5.41, 5.74) is 2.73. The Morgan fingerprint density at radius 2 is 2.10 bits per heavy atom. The molecule has 1 atom stereocenters. The molecule has 1 unspecified atom stereocenters. The molecule has 0 radical (unpaired) electrons. The maximum absolute atomic E-state index is 10.0. The van der Waals surface area contributed by atoms with Crippen molar-refractivity contribution in [3.8, 4) is 17.6 Å². The first-order valence-corrected chi connectivity index (χ1v) is 6.76.